The maximum atomic E-state index is 13.1. The molecule has 0 amide bonds. The van der Waals surface area contributed by atoms with E-state index >= 15 is 0 Å². The molecule has 10 heteroatoms. The first-order valence-corrected chi connectivity index (χ1v) is 13.3. The summed E-state index contributed by atoms with van der Waals surface area (Å²) >= 11 is 0. The third-order valence-electron chi connectivity index (χ3n) is 6.46. The van der Waals surface area contributed by atoms with E-state index in [2.05, 4.69) is 9.97 Å². The first-order valence-electron chi connectivity index (χ1n) is 11.8. The van der Waals surface area contributed by atoms with Crippen molar-refractivity contribution < 1.29 is 13.2 Å². The number of nitrogens with one attached hydrogen (secondary N) is 1. The van der Waals surface area contributed by atoms with Crippen LogP contribution in [0.1, 0.15) is 22.8 Å². The fraction of sp³-hybridized carbons (Fsp3) is 0.185. The van der Waals surface area contributed by atoms with Crippen molar-refractivity contribution in [2.75, 3.05) is 26.2 Å². The number of sulfonamides is 1. The molecule has 1 saturated heterocycles. The number of amidine groups is 1. The van der Waals surface area contributed by atoms with Crippen LogP contribution in [0.2, 0.25) is 0 Å². The second-order valence-corrected chi connectivity index (χ2v) is 10.7. The van der Waals surface area contributed by atoms with Crippen molar-refractivity contribution in [1.29, 1.82) is 5.41 Å². The van der Waals surface area contributed by atoms with Gasteiger partial charge in [-0.05, 0) is 42.3 Å². The van der Waals surface area contributed by atoms with E-state index in [1.165, 1.54) is 4.31 Å². The summed E-state index contributed by atoms with van der Waals surface area (Å²) in [5.41, 5.74) is 2.76. The topological polar surface area (TPSA) is 112 Å². The summed E-state index contributed by atoms with van der Waals surface area (Å²) in [7, 11) is -3.60. The zero-order valence-corrected chi connectivity index (χ0v) is 21.1. The molecule has 0 aliphatic carbocycles. The molecule has 0 atom stereocenters. The molecule has 0 spiro atoms. The van der Waals surface area contributed by atoms with E-state index < -0.39 is 10.0 Å². The lowest BCUT2D eigenvalue weighted by Crippen LogP contribution is -2.49. The van der Waals surface area contributed by atoms with Crippen molar-refractivity contribution in [2.24, 2.45) is 0 Å². The predicted octanol–water partition coefficient (Wildman–Crippen LogP) is 3.47. The molecule has 1 aliphatic heterocycles. The number of nitrogens with zero attached hydrogens (tertiary/aromatic N) is 5. The summed E-state index contributed by atoms with van der Waals surface area (Å²) in [5, 5.41) is 7.73. The maximum absolute atomic E-state index is 13.1. The zero-order valence-electron chi connectivity index (χ0n) is 20.3. The summed E-state index contributed by atoms with van der Waals surface area (Å²) < 4.78 is 29.4. The van der Waals surface area contributed by atoms with Crippen molar-refractivity contribution in [3.05, 3.63) is 96.7 Å². The average Bonchev–Trinajstić information content (AvgIpc) is 3.48. The number of ketones is 1. The lowest BCUT2D eigenvalue weighted by Gasteiger charge is -2.34. The second kappa shape index (κ2) is 10.1. The number of piperazine rings is 1. The first-order chi connectivity index (χ1) is 17.8. The minimum atomic E-state index is -3.60. The number of aromatic nitrogens is 3. The fourth-order valence-electron chi connectivity index (χ4n) is 4.28. The van der Waals surface area contributed by atoms with E-state index in [1.807, 2.05) is 17.0 Å². The number of carbonyl (C=O) groups is 1. The number of rotatable bonds is 6. The van der Waals surface area contributed by atoms with Gasteiger partial charge in [-0.3, -0.25) is 14.8 Å². The molecule has 37 heavy (non-hydrogen) atoms. The minimum Gasteiger partial charge on any atom is -0.358 e. The van der Waals surface area contributed by atoms with Crippen molar-refractivity contribution >= 4 is 21.6 Å². The molecule has 188 valence electrons. The van der Waals surface area contributed by atoms with Crippen LogP contribution in [0, 0.1) is 5.41 Å². The second-order valence-electron chi connectivity index (χ2n) is 8.78. The monoisotopic (exact) mass is 514 g/mol. The maximum Gasteiger partial charge on any atom is 0.243 e. The average molecular weight is 515 g/mol. The lowest BCUT2D eigenvalue weighted by atomic mass is 10.0. The van der Waals surface area contributed by atoms with E-state index in [1.54, 1.807) is 84.9 Å². The molecule has 9 nitrogen and oxygen atoms in total. The number of hydrogen-bond donors (Lipinski definition) is 1. The van der Waals surface area contributed by atoms with Gasteiger partial charge in [0.1, 0.15) is 12.1 Å². The fourth-order valence-corrected chi connectivity index (χ4v) is 5.70. The van der Waals surface area contributed by atoms with Crippen LogP contribution in [0.4, 0.5) is 0 Å². The third kappa shape index (κ3) is 5.07. The van der Waals surface area contributed by atoms with Crippen LogP contribution in [-0.4, -0.2) is 70.0 Å². The van der Waals surface area contributed by atoms with E-state index in [-0.39, 0.29) is 10.7 Å². The van der Waals surface area contributed by atoms with Crippen molar-refractivity contribution in [2.45, 2.75) is 11.8 Å². The van der Waals surface area contributed by atoms with Crippen LogP contribution in [0.25, 0.3) is 16.9 Å². The molecule has 2 aromatic heterocycles. The summed E-state index contributed by atoms with van der Waals surface area (Å²) in [5.74, 6) is 1.00. The Balaban J connectivity index is 1.27. The SMILES string of the molecule is CC(=N)N1CCN(S(=O)(=O)c2ccc(-c3ccc(C(=O)c4ccc(-n5ccnc5)nc4)cc3)cc2)CC1. The van der Waals surface area contributed by atoms with E-state index in [0.29, 0.717) is 49.0 Å². The quantitative estimate of drug-likeness (QED) is 0.240. The van der Waals surface area contributed by atoms with Gasteiger partial charge in [0.15, 0.2) is 5.78 Å². The Labute approximate surface area is 215 Å². The number of benzene rings is 2. The Morgan fingerprint density at radius 1 is 0.865 bits per heavy atom. The van der Waals surface area contributed by atoms with E-state index in [9.17, 15) is 13.2 Å². The number of hydrogen-bond acceptors (Lipinski definition) is 6. The van der Waals surface area contributed by atoms with Crippen molar-refractivity contribution in [1.82, 2.24) is 23.7 Å². The van der Waals surface area contributed by atoms with Gasteiger partial charge in [-0.15, -0.1) is 0 Å². The third-order valence-corrected chi connectivity index (χ3v) is 8.38. The Hall–Kier alpha value is -4.15. The summed E-state index contributed by atoms with van der Waals surface area (Å²) in [6.45, 7) is 3.46. The molecule has 0 unspecified atom stereocenters. The Kier molecular flexibility index (Phi) is 6.68. The molecule has 0 bridgehead atoms. The summed E-state index contributed by atoms with van der Waals surface area (Å²) in [4.78, 5) is 23.4. The largest absolute Gasteiger partial charge is 0.358 e. The molecule has 2 aromatic carbocycles. The van der Waals surface area contributed by atoms with Crippen molar-refractivity contribution in [3.8, 4) is 16.9 Å². The van der Waals surface area contributed by atoms with Gasteiger partial charge in [0.05, 0.1) is 10.7 Å². The molecule has 1 aliphatic rings. The molecule has 3 heterocycles. The summed E-state index contributed by atoms with van der Waals surface area (Å²) in [6.07, 6.45) is 6.64. The molecule has 5 rings (SSSR count). The van der Waals surface area contributed by atoms with Crippen LogP contribution < -0.4 is 0 Å². The van der Waals surface area contributed by atoms with Crippen molar-refractivity contribution in [3.63, 3.8) is 0 Å². The van der Waals surface area contributed by atoms with Crippen LogP contribution in [0.3, 0.4) is 0 Å². The number of pyridine rings is 1. The van der Waals surface area contributed by atoms with E-state index in [0.717, 1.165) is 11.1 Å². The predicted molar refractivity (Wildman–Crippen MR) is 140 cm³/mol. The zero-order chi connectivity index (χ0) is 26.0. The van der Waals surface area contributed by atoms with Crippen LogP contribution in [0.5, 0.6) is 0 Å². The van der Waals surface area contributed by atoms with Gasteiger partial charge in [-0.1, -0.05) is 36.4 Å². The Morgan fingerprint density at radius 2 is 1.49 bits per heavy atom. The Morgan fingerprint density at radius 3 is 2.03 bits per heavy atom. The van der Waals surface area contributed by atoms with Gasteiger partial charge < -0.3 is 4.90 Å². The standard InChI is InChI=1S/C27H26N6O3S/c1-20(28)31-14-16-33(17-15-31)37(35,36)25-9-6-22(7-10-25)21-2-4-23(5-3-21)27(34)24-8-11-26(30-18-24)32-13-12-29-19-32/h2-13,18-19,28H,14-17H2,1H3. The molecule has 0 radical (unpaired) electrons. The van der Waals surface area contributed by atoms with Gasteiger partial charge in [-0.2, -0.15) is 4.31 Å². The van der Waals surface area contributed by atoms with Gasteiger partial charge in [-0.25, -0.2) is 18.4 Å². The molecular formula is C27H26N6O3S. The highest BCUT2D eigenvalue weighted by Gasteiger charge is 2.28. The molecule has 1 fully saturated rings. The van der Waals surface area contributed by atoms with Gasteiger partial charge in [0.25, 0.3) is 0 Å². The van der Waals surface area contributed by atoms with Crippen LogP contribution >= 0.6 is 0 Å². The molecular weight excluding hydrogens is 488 g/mol. The first kappa shape index (κ1) is 24.5. The smallest absolute Gasteiger partial charge is 0.243 e. The van der Waals surface area contributed by atoms with Crippen LogP contribution in [0.15, 0.2) is 90.5 Å². The Bertz CT molecular complexity index is 1510. The van der Waals surface area contributed by atoms with Gasteiger partial charge in [0.2, 0.25) is 10.0 Å². The number of carbonyl (C=O) groups excluding carboxylic acids is 1. The normalized spacial score (nSPS) is 14.5. The van der Waals surface area contributed by atoms with Crippen LogP contribution in [-0.2, 0) is 10.0 Å². The molecule has 4 aromatic rings. The molecule has 0 saturated carbocycles. The highest BCUT2D eigenvalue weighted by molar-refractivity contribution is 7.89. The highest BCUT2D eigenvalue weighted by atomic mass is 32.2. The molecule has 1 N–H and O–H groups in total. The van der Waals surface area contributed by atoms with E-state index in [4.69, 9.17) is 5.41 Å². The summed E-state index contributed by atoms with van der Waals surface area (Å²) in [6, 6.07) is 17.5. The number of imidazole rings is 1. The lowest BCUT2D eigenvalue weighted by molar-refractivity contribution is 0.103. The van der Waals surface area contributed by atoms with Gasteiger partial charge >= 0.3 is 0 Å². The highest BCUT2D eigenvalue weighted by Crippen LogP contribution is 2.25. The minimum absolute atomic E-state index is 0.129. The van der Waals surface area contributed by atoms with Gasteiger partial charge in [0, 0.05) is 55.9 Å².